The topological polar surface area (TPSA) is 102 Å². The van der Waals surface area contributed by atoms with Crippen LogP contribution in [0, 0.1) is 0 Å². The van der Waals surface area contributed by atoms with Crippen LogP contribution in [0.3, 0.4) is 0 Å². The van der Waals surface area contributed by atoms with E-state index in [0.29, 0.717) is 30.0 Å². The number of aromatic nitrogens is 2. The van der Waals surface area contributed by atoms with Crippen LogP contribution in [0.15, 0.2) is 43.2 Å². The van der Waals surface area contributed by atoms with Crippen LogP contribution >= 0.6 is 0 Å². The number of hydrogen-bond acceptors (Lipinski definition) is 6. The lowest BCUT2D eigenvalue weighted by Crippen LogP contribution is -2.24. The van der Waals surface area contributed by atoms with Crippen molar-refractivity contribution < 1.29 is 27.8 Å². The molecule has 0 aromatic carbocycles. The van der Waals surface area contributed by atoms with Crippen molar-refractivity contribution in [2.24, 2.45) is 0 Å². The Balaban J connectivity index is 2.00. The van der Waals surface area contributed by atoms with Crippen LogP contribution < -0.4 is 20.1 Å². The highest BCUT2D eigenvalue weighted by Crippen LogP contribution is 2.27. The van der Waals surface area contributed by atoms with Crippen LogP contribution in [0.2, 0.25) is 0 Å². The summed E-state index contributed by atoms with van der Waals surface area (Å²) < 4.78 is 36.7. The van der Waals surface area contributed by atoms with Gasteiger partial charge >= 0.3 is 0 Å². The summed E-state index contributed by atoms with van der Waals surface area (Å²) in [6, 6.07) is 4.51. The zero-order valence-electron chi connectivity index (χ0n) is 17.3. The molecule has 0 aliphatic heterocycles. The molecule has 10 heteroatoms. The SMILES string of the molecule is C=CC(F)(F)COc1ncc(CNC(=O)c2ccnc(NC(=O)CCC)c2)cc1OC. The molecule has 2 heterocycles. The Morgan fingerprint density at radius 1 is 1.29 bits per heavy atom. The van der Waals surface area contributed by atoms with Gasteiger partial charge in [-0.2, -0.15) is 8.78 Å². The van der Waals surface area contributed by atoms with Crippen molar-refractivity contribution in [3.63, 3.8) is 0 Å². The molecule has 0 radical (unpaired) electrons. The molecule has 2 aromatic rings. The van der Waals surface area contributed by atoms with E-state index in [1.165, 1.54) is 37.7 Å². The Bertz CT molecular complexity index is 937. The first-order chi connectivity index (χ1) is 14.8. The third-order valence-corrected chi connectivity index (χ3v) is 4.01. The van der Waals surface area contributed by atoms with E-state index in [-0.39, 0.29) is 29.9 Å². The Hall–Kier alpha value is -3.56. The van der Waals surface area contributed by atoms with Crippen LogP contribution in [0.5, 0.6) is 11.6 Å². The minimum atomic E-state index is -3.20. The van der Waals surface area contributed by atoms with Gasteiger partial charge in [0.05, 0.1) is 7.11 Å². The first-order valence-electron chi connectivity index (χ1n) is 9.49. The third kappa shape index (κ3) is 7.32. The Morgan fingerprint density at radius 2 is 2.06 bits per heavy atom. The molecule has 0 saturated heterocycles. The molecule has 0 atom stereocenters. The summed E-state index contributed by atoms with van der Waals surface area (Å²) in [5.41, 5.74) is 0.881. The quantitative estimate of drug-likeness (QED) is 0.526. The molecule has 2 N–H and O–H groups in total. The zero-order chi connectivity index (χ0) is 22.9. The highest BCUT2D eigenvalue weighted by molar-refractivity contribution is 5.96. The number of rotatable bonds is 11. The summed E-state index contributed by atoms with van der Waals surface area (Å²) in [6.45, 7) is 4.11. The van der Waals surface area contributed by atoms with Crippen molar-refractivity contribution in [1.82, 2.24) is 15.3 Å². The fraction of sp³-hybridized carbons (Fsp3) is 0.333. The molecule has 0 bridgehead atoms. The molecule has 0 unspecified atom stereocenters. The number of nitrogens with zero attached hydrogens (tertiary/aromatic N) is 2. The number of carbonyl (C=O) groups is 2. The number of carbonyl (C=O) groups excluding carboxylic acids is 2. The number of amides is 2. The minimum absolute atomic E-state index is 0.0966. The van der Waals surface area contributed by atoms with E-state index in [1.807, 2.05) is 6.92 Å². The van der Waals surface area contributed by atoms with Crippen LogP contribution in [0.1, 0.15) is 35.7 Å². The molecule has 2 amide bonds. The third-order valence-electron chi connectivity index (χ3n) is 4.01. The normalized spacial score (nSPS) is 10.8. The van der Waals surface area contributed by atoms with E-state index >= 15 is 0 Å². The standard InChI is InChI=1S/C21H24F2N4O4/c1-4-6-18(28)27-17-10-15(7-8-24-17)19(29)25-11-14-9-16(30-3)20(26-12-14)31-13-21(22,23)5-2/h5,7-10,12H,2,4,6,11,13H2,1,3H3,(H,25,29)(H,24,27,28). The Morgan fingerprint density at radius 3 is 2.74 bits per heavy atom. The minimum Gasteiger partial charge on any atom is -0.491 e. The van der Waals surface area contributed by atoms with Gasteiger partial charge in [0.25, 0.3) is 17.7 Å². The van der Waals surface area contributed by atoms with Crippen LogP contribution in [0.4, 0.5) is 14.6 Å². The van der Waals surface area contributed by atoms with Crippen molar-refractivity contribution in [3.05, 3.63) is 54.4 Å². The molecule has 0 spiro atoms. The maximum Gasteiger partial charge on any atom is 0.299 e. The van der Waals surface area contributed by atoms with Gasteiger partial charge < -0.3 is 20.1 Å². The molecule has 0 aliphatic rings. The maximum atomic E-state index is 13.3. The molecule has 0 saturated carbocycles. The van der Waals surface area contributed by atoms with Gasteiger partial charge in [0.2, 0.25) is 5.91 Å². The number of methoxy groups -OCH3 is 1. The maximum absolute atomic E-state index is 13.3. The molecular weight excluding hydrogens is 410 g/mol. The van der Waals surface area contributed by atoms with Gasteiger partial charge in [-0.05, 0) is 36.3 Å². The number of alkyl halides is 2. The molecular formula is C21H24F2N4O4. The summed E-state index contributed by atoms with van der Waals surface area (Å²) in [6.07, 6.45) is 4.35. The van der Waals surface area contributed by atoms with Gasteiger partial charge in [-0.25, -0.2) is 9.97 Å². The van der Waals surface area contributed by atoms with E-state index in [0.717, 1.165) is 0 Å². The van der Waals surface area contributed by atoms with Gasteiger partial charge in [-0.15, -0.1) is 0 Å². The molecule has 2 rings (SSSR count). The van der Waals surface area contributed by atoms with Crippen molar-refractivity contribution in [1.29, 1.82) is 0 Å². The van der Waals surface area contributed by atoms with Gasteiger partial charge in [0.1, 0.15) is 5.82 Å². The Kier molecular flexibility index (Phi) is 8.42. The number of halogens is 2. The average molecular weight is 434 g/mol. The first-order valence-corrected chi connectivity index (χ1v) is 9.49. The van der Waals surface area contributed by atoms with E-state index in [9.17, 15) is 18.4 Å². The predicted octanol–water partition coefficient (Wildman–Crippen LogP) is 3.35. The summed E-state index contributed by atoms with van der Waals surface area (Å²) in [7, 11) is 1.35. The van der Waals surface area contributed by atoms with E-state index in [4.69, 9.17) is 9.47 Å². The lowest BCUT2D eigenvalue weighted by molar-refractivity contribution is -0.116. The first kappa shape index (κ1) is 23.7. The van der Waals surface area contributed by atoms with Crippen molar-refractivity contribution in [2.75, 3.05) is 19.0 Å². The fourth-order valence-electron chi connectivity index (χ4n) is 2.40. The smallest absolute Gasteiger partial charge is 0.299 e. The van der Waals surface area contributed by atoms with Crippen LogP contribution in [0.25, 0.3) is 0 Å². The van der Waals surface area contributed by atoms with E-state index in [2.05, 4.69) is 27.2 Å². The second kappa shape index (κ2) is 11.0. The molecule has 2 aromatic heterocycles. The number of pyridine rings is 2. The largest absolute Gasteiger partial charge is 0.491 e. The lowest BCUT2D eigenvalue weighted by atomic mass is 10.2. The monoisotopic (exact) mass is 434 g/mol. The molecule has 0 aliphatic carbocycles. The summed E-state index contributed by atoms with van der Waals surface area (Å²) in [5, 5.41) is 5.34. The second-order valence-electron chi connectivity index (χ2n) is 6.52. The van der Waals surface area contributed by atoms with Gasteiger partial charge in [-0.3, -0.25) is 9.59 Å². The lowest BCUT2D eigenvalue weighted by Gasteiger charge is -2.15. The fourth-order valence-corrected chi connectivity index (χ4v) is 2.40. The Labute approximate surface area is 178 Å². The van der Waals surface area contributed by atoms with Crippen LogP contribution in [-0.4, -0.2) is 41.4 Å². The molecule has 31 heavy (non-hydrogen) atoms. The number of nitrogens with one attached hydrogen (secondary N) is 2. The van der Waals surface area contributed by atoms with Crippen LogP contribution in [-0.2, 0) is 11.3 Å². The number of hydrogen-bond donors (Lipinski definition) is 2. The van der Waals surface area contributed by atoms with E-state index in [1.54, 1.807) is 0 Å². The molecule has 0 fully saturated rings. The van der Waals surface area contributed by atoms with E-state index < -0.39 is 18.4 Å². The number of ether oxygens (including phenoxy) is 2. The average Bonchev–Trinajstić information content (AvgIpc) is 2.76. The highest BCUT2D eigenvalue weighted by atomic mass is 19.3. The number of anilines is 1. The second-order valence-corrected chi connectivity index (χ2v) is 6.52. The van der Waals surface area contributed by atoms with Crippen molar-refractivity contribution in [3.8, 4) is 11.6 Å². The van der Waals surface area contributed by atoms with Crippen molar-refractivity contribution in [2.45, 2.75) is 32.2 Å². The van der Waals surface area contributed by atoms with Gasteiger partial charge in [0, 0.05) is 30.9 Å². The predicted molar refractivity (Wildman–Crippen MR) is 110 cm³/mol. The summed E-state index contributed by atoms with van der Waals surface area (Å²) in [5.74, 6) is -3.43. The van der Waals surface area contributed by atoms with Gasteiger partial charge in [-0.1, -0.05) is 13.5 Å². The molecule has 8 nitrogen and oxygen atoms in total. The molecule has 166 valence electrons. The summed E-state index contributed by atoms with van der Waals surface area (Å²) in [4.78, 5) is 32.1. The van der Waals surface area contributed by atoms with Crippen molar-refractivity contribution >= 4 is 17.6 Å². The zero-order valence-corrected chi connectivity index (χ0v) is 17.3. The highest BCUT2D eigenvalue weighted by Gasteiger charge is 2.26. The van der Waals surface area contributed by atoms with Gasteiger partial charge in [0.15, 0.2) is 12.4 Å². The summed E-state index contributed by atoms with van der Waals surface area (Å²) >= 11 is 0.